The summed E-state index contributed by atoms with van der Waals surface area (Å²) >= 11 is 0. The number of halogens is 1. The quantitative estimate of drug-likeness (QED) is 0.411. The van der Waals surface area contributed by atoms with Crippen LogP contribution in [0.5, 0.6) is 5.88 Å². The van der Waals surface area contributed by atoms with Crippen LogP contribution >= 0.6 is 0 Å². The largest absolute Gasteiger partial charge is 0.858 e. The predicted molar refractivity (Wildman–Crippen MR) is 118 cm³/mol. The Balaban J connectivity index is 1.98. The van der Waals surface area contributed by atoms with E-state index in [-0.39, 0.29) is 23.4 Å². The molecule has 0 radical (unpaired) electrons. The number of rotatable bonds is 7. The zero-order valence-electron chi connectivity index (χ0n) is 18.8. The number of aryl methyl sites for hydroxylation is 2. The standard InChI is InChI=1S/C25H25FN4O3/c1-4-13-29-23(31)21(22(25(29)33)28-14-7-8-16(5-2)15-28)20-19(6-3)27-30(24(20)32)18-11-9-17(26)10-12-18/h7-12,14-15H,4-6,13H2,1-3H3. The van der Waals surface area contributed by atoms with Crippen molar-refractivity contribution in [2.75, 3.05) is 6.54 Å². The van der Waals surface area contributed by atoms with Gasteiger partial charge in [0.2, 0.25) is 0 Å². The Hall–Kier alpha value is -3.81. The van der Waals surface area contributed by atoms with Gasteiger partial charge in [0, 0.05) is 23.7 Å². The van der Waals surface area contributed by atoms with Crippen molar-refractivity contribution >= 4 is 23.1 Å². The van der Waals surface area contributed by atoms with Gasteiger partial charge in [-0.15, -0.1) is 0 Å². The van der Waals surface area contributed by atoms with Gasteiger partial charge in [-0.25, -0.2) is 9.07 Å². The smallest absolute Gasteiger partial charge is 0.326 e. The zero-order chi connectivity index (χ0) is 23.7. The number of hydrogen-bond acceptors (Lipinski definition) is 4. The first-order chi connectivity index (χ1) is 15.9. The number of pyridine rings is 1. The maximum Gasteiger partial charge on any atom is 0.326 e. The van der Waals surface area contributed by atoms with E-state index in [2.05, 4.69) is 5.10 Å². The maximum atomic E-state index is 13.5. The molecule has 0 unspecified atom stereocenters. The molecule has 0 N–H and O–H groups in total. The van der Waals surface area contributed by atoms with E-state index in [4.69, 9.17) is 0 Å². The minimum atomic E-state index is -0.516. The molecule has 3 aromatic rings. The minimum absolute atomic E-state index is 0.0573. The first-order valence-electron chi connectivity index (χ1n) is 11.1. The fourth-order valence-corrected chi connectivity index (χ4v) is 4.03. The molecule has 8 heteroatoms. The average Bonchev–Trinajstić information content (AvgIpc) is 3.28. The molecule has 7 nitrogen and oxygen atoms in total. The normalized spacial score (nSPS) is 14.0. The van der Waals surface area contributed by atoms with Crippen molar-refractivity contribution in [2.45, 2.75) is 40.0 Å². The molecule has 0 saturated carbocycles. The lowest BCUT2D eigenvalue weighted by Gasteiger charge is -2.15. The van der Waals surface area contributed by atoms with Crippen molar-refractivity contribution in [3.8, 4) is 11.6 Å². The summed E-state index contributed by atoms with van der Waals surface area (Å²) in [7, 11) is 0. The molecule has 4 rings (SSSR count). The first-order valence-corrected chi connectivity index (χ1v) is 11.1. The van der Waals surface area contributed by atoms with Gasteiger partial charge in [-0.1, -0.05) is 20.8 Å². The highest BCUT2D eigenvalue weighted by atomic mass is 19.1. The van der Waals surface area contributed by atoms with Crippen molar-refractivity contribution in [1.82, 2.24) is 14.7 Å². The molecule has 0 aliphatic carbocycles. The van der Waals surface area contributed by atoms with Gasteiger partial charge in [-0.2, -0.15) is 9.67 Å². The monoisotopic (exact) mass is 448 g/mol. The van der Waals surface area contributed by atoms with E-state index >= 15 is 0 Å². The predicted octanol–water partition coefficient (Wildman–Crippen LogP) is 2.64. The van der Waals surface area contributed by atoms with Crippen LogP contribution in [-0.4, -0.2) is 33.0 Å². The fraction of sp³-hybridized carbons (Fsp3) is 0.280. The Kier molecular flexibility index (Phi) is 6.09. The summed E-state index contributed by atoms with van der Waals surface area (Å²) in [5, 5.41) is 17.9. The van der Waals surface area contributed by atoms with Crippen molar-refractivity contribution in [2.24, 2.45) is 0 Å². The van der Waals surface area contributed by atoms with E-state index in [1.54, 1.807) is 17.0 Å². The van der Waals surface area contributed by atoms with Crippen molar-refractivity contribution in [3.05, 3.63) is 71.4 Å². The van der Waals surface area contributed by atoms with E-state index in [9.17, 15) is 19.1 Å². The van der Waals surface area contributed by atoms with Crippen LogP contribution in [0.15, 0.2) is 48.8 Å². The Labute approximate surface area is 191 Å². The third-order valence-corrected chi connectivity index (χ3v) is 5.69. The highest BCUT2D eigenvalue weighted by Gasteiger charge is 2.46. The van der Waals surface area contributed by atoms with Gasteiger partial charge in [0.1, 0.15) is 11.4 Å². The van der Waals surface area contributed by atoms with Gasteiger partial charge in [0.15, 0.2) is 12.4 Å². The van der Waals surface area contributed by atoms with Crippen molar-refractivity contribution in [3.63, 3.8) is 0 Å². The van der Waals surface area contributed by atoms with Crippen LogP contribution in [-0.2, 0) is 22.4 Å². The Bertz CT molecular complexity index is 1260. The number of aromatic nitrogens is 3. The second-order valence-corrected chi connectivity index (χ2v) is 7.83. The average molecular weight is 448 g/mol. The first kappa shape index (κ1) is 22.4. The van der Waals surface area contributed by atoms with E-state index in [0.29, 0.717) is 24.2 Å². The lowest BCUT2D eigenvalue weighted by atomic mass is 10.0. The molecule has 3 heterocycles. The van der Waals surface area contributed by atoms with Gasteiger partial charge in [-0.3, -0.25) is 14.5 Å². The number of carbonyl (C=O) groups is 2. The van der Waals surface area contributed by atoms with Crippen LogP contribution in [0.3, 0.4) is 0 Å². The Morgan fingerprint density at radius 3 is 2.39 bits per heavy atom. The second-order valence-electron chi connectivity index (χ2n) is 7.83. The summed E-state index contributed by atoms with van der Waals surface area (Å²) in [4.78, 5) is 28.0. The van der Waals surface area contributed by atoms with Crippen LogP contribution in [0.1, 0.15) is 44.0 Å². The summed E-state index contributed by atoms with van der Waals surface area (Å²) in [6, 6.07) is 9.13. The summed E-state index contributed by atoms with van der Waals surface area (Å²) in [5.74, 6) is -1.89. The van der Waals surface area contributed by atoms with Crippen LogP contribution in [0.25, 0.3) is 17.0 Å². The highest BCUT2D eigenvalue weighted by Crippen LogP contribution is 2.37. The molecule has 2 aromatic heterocycles. The zero-order valence-corrected chi connectivity index (χ0v) is 18.8. The molecule has 1 aromatic carbocycles. The SMILES string of the molecule is CCCN1C(=O)C(c2c(CC)nn(-c3ccc(F)cc3)c2[O-])=C([n+]2cccc(CC)c2)C1=O. The summed E-state index contributed by atoms with van der Waals surface area (Å²) < 4.78 is 16.2. The number of amides is 2. The topological polar surface area (TPSA) is 82.1 Å². The number of imide groups is 1. The Morgan fingerprint density at radius 2 is 1.76 bits per heavy atom. The van der Waals surface area contributed by atoms with Gasteiger partial charge in [0.05, 0.1) is 11.4 Å². The van der Waals surface area contributed by atoms with Gasteiger partial charge in [-0.05, 0) is 55.5 Å². The molecule has 2 amide bonds. The fourth-order valence-electron chi connectivity index (χ4n) is 4.03. The molecular weight excluding hydrogens is 423 g/mol. The maximum absolute atomic E-state index is 13.5. The van der Waals surface area contributed by atoms with E-state index in [0.717, 1.165) is 16.7 Å². The summed E-state index contributed by atoms with van der Waals surface area (Å²) in [6.45, 7) is 5.96. The van der Waals surface area contributed by atoms with E-state index in [1.165, 1.54) is 29.2 Å². The van der Waals surface area contributed by atoms with Crippen LogP contribution < -0.4 is 9.67 Å². The third-order valence-electron chi connectivity index (χ3n) is 5.69. The number of benzene rings is 1. The number of carbonyl (C=O) groups excluding carboxylic acids is 2. The lowest BCUT2D eigenvalue weighted by Crippen LogP contribution is -2.40. The van der Waals surface area contributed by atoms with Crippen LogP contribution in [0, 0.1) is 5.82 Å². The van der Waals surface area contributed by atoms with Gasteiger partial charge in [0.25, 0.3) is 11.6 Å². The third kappa shape index (κ3) is 3.82. The molecule has 33 heavy (non-hydrogen) atoms. The van der Waals surface area contributed by atoms with Crippen LogP contribution in [0.4, 0.5) is 4.39 Å². The molecule has 1 aliphatic rings. The lowest BCUT2D eigenvalue weighted by molar-refractivity contribution is -0.577. The van der Waals surface area contributed by atoms with E-state index < -0.39 is 23.5 Å². The van der Waals surface area contributed by atoms with Crippen molar-refractivity contribution < 1.29 is 23.7 Å². The van der Waals surface area contributed by atoms with E-state index in [1.807, 2.05) is 32.9 Å². The minimum Gasteiger partial charge on any atom is -0.858 e. The molecule has 0 bridgehead atoms. The molecule has 0 atom stereocenters. The highest BCUT2D eigenvalue weighted by molar-refractivity contribution is 6.44. The molecule has 170 valence electrons. The molecule has 0 spiro atoms. The molecule has 0 fully saturated rings. The van der Waals surface area contributed by atoms with Crippen LogP contribution in [0.2, 0.25) is 0 Å². The molecule has 0 saturated heterocycles. The summed E-state index contributed by atoms with van der Waals surface area (Å²) in [6.07, 6.45) is 5.23. The van der Waals surface area contributed by atoms with Gasteiger partial charge >= 0.3 is 5.91 Å². The molecule has 1 aliphatic heterocycles. The number of nitrogens with zero attached hydrogens (tertiary/aromatic N) is 4. The second kappa shape index (κ2) is 8.97. The Morgan fingerprint density at radius 1 is 1.03 bits per heavy atom. The number of hydrogen-bond donors (Lipinski definition) is 0. The van der Waals surface area contributed by atoms with Crippen molar-refractivity contribution in [1.29, 1.82) is 0 Å². The summed E-state index contributed by atoms with van der Waals surface area (Å²) in [5.41, 5.74) is 2.09. The van der Waals surface area contributed by atoms with Gasteiger partial charge < -0.3 is 5.11 Å². The molecular formula is C25H25FN4O3.